The standard InChI is InChI=1S/C21H19N5O5S2/c1-25-17-9-14(4-3-13(17)5-6-19(25)28)16-12-32-21(23-16)24-18(27)10-22-20(29)15-7-8-26(11-15)33(2,30)31/h3-9,11-12H,10H2,1-2H3,(H,22,29)(H,23,24,27). The summed E-state index contributed by atoms with van der Waals surface area (Å²) in [4.78, 5) is 40.7. The van der Waals surface area contributed by atoms with E-state index in [4.69, 9.17) is 0 Å². The van der Waals surface area contributed by atoms with Crippen LogP contribution >= 0.6 is 11.3 Å². The minimum absolute atomic E-state index is 0.110. The second-order valence-electron chi connectivity index (χ2n) is 7.27. The molecule has 0 fully saturated rings. The summed E-state index contributed by atoms with van der Waals surface area (Å²) in [5.74, 6) is -1.05. The first kappa shape index (κ1) is 22.4. The fourth-order valence-electron chi connectivity index (χ4n) is 3.13. The number of aryl methyl sites for hydroxylation is 1. The van der Waals surface area contributed by atoms with Crippen molar-refractivity contribution in [2.75, 3.05) is 18.1 Å². The van der Waals surface area contributed by atoms with Crippen molar-refractivity contribution in [3.05, 3.63) is 70.1 Å². The highest BCUT2D eigenvalue weighted by molar-refractivity contribution is 7.89. The molecule has 4 rings (SSSR count). The summed E-state index contributed by atoms with van der Waals surface area (Å²) in [6, 6.07) is 10.3. The third-order valence-corrected chi connectivity index (χ3v) is 6.65. The van der Waals surface area contributed by atoms with Crippen molar-refractivity contribution in [3.8, 4) is 11.3 Å². The zero-order valence-electron chi connectivity index (χ0n) is 17.6. The normalized spacial score (nSPS) is 11.5. The first-order valence-electron chi connectivity index (χ1n) is 9.64. The van der Waals surface area contributed by atoms with Gasteiger partial charge in [0.1, 0.15) is 0 Å². The molecule has 0 aliphatic rings. The van der Waals surface area contributed by atoms with Gasteiger partial charge in [0.05, 0.1) is 29.6 Å². The lowest BCUT2D eigenvalue weighted by Crippen LogP contribution is -2.32. The predicted octanol–water partition coefficient (Wildman–Crippen LogP) is 1.64. The highest BCUT2D eigenvalue weighted by Gasteiger charge is 2.14. The Morgan fingerprint density at radius 1 is 1.15 bits per heavy atom. The number of carbonyl (C=O) groups is 2. The van der Waals surface area contributed by atoms with Crippen LogP contribution in [0.5, 0.6) is 0 Å². The topological polar surface area (TPSA) is 132 Å². The number of benzene rings is 1. The van der Waals surface area contributed by atoms with Gasteiger partial charge in [-0.2, -0.15) is 0 Å². The van der Waals surface area contributed by atoms with Crippen LogP contribution in [0, 0.1) is 0 Å². The summed E-state index contributed by atoms with van der Waals surface area (Å²) in [5, 5.41) is 8.12. The lowest BCUT2D eigenvalue weighted by atomic mass is 10.1. The summed E-state index contributed by atoms with van der Waals surface area (Å²) in [7, 11) is -1.79. The molecule has 33 heavy (non-hydrogen) atoms. The zero-order valence-corrected chi connectivity index (χ0v) is 19.2. The molecule has 0 aliphatic carbocycles. The monoisotopic (exact) mass is 485 g/mol. The summed E-state index contributed by atoms with van der Waals surface area (Å²) in [5.41, 5.74) is 2.21. The van der Waals surface area contributed by atoms with E-state index in [-0.39, 0.29) is 17.7 Å². The first-order chi connectivity index (χ1) is 15.6. The Morgan fingerprint density at radius 3 is 2.64 bits per heavy atom. The molecule has 0 radical (unpaired) electrons. The number of carbonyl (C=O) groups excluding carboxylic acids is 2. The third-order valence-electron chi connectivity index (χ3n) is 4.90. The number of hydrogen-bond acceptors (Lipinski definition) is 7. The molecule has 0 bridgehead atoms. The fraction of sp³-hybridized carbons (Fsp3) is 0.143. The van der Waals surface area contributed by atoms with Crippen molar-refractivity contribution in [1.29, 1.82) is 0 Å². The summed E-state index contributed by atoms with van der Waals surface area (Å²) < 4.78 is 25.4. The molecule has 0 spiro atoms. The van der Waals surface area contributed by atoms with E-state index < -0.39 is 21.8 Å². The molecule has 12 heteroatoms. The van der Waals surface area contributed by atoms with E-state index in [1.807, 2.05) is 18.2 Å². The molecule has 10 nitrogen and oxygen atoms in total. The maximum Gasteiger partial charge on any atom is 0.253 e. The van der Waals surface area contributed by atoms with E-state index in [1.54, 1.807) is 23.1 Å². The van der Waals surface area contributed by atoms with Gasteiger partial charge in [-0.25, -0.2) is 13.4 Å². The molecule has 0 saturated carbocycles. The van der Waals surface area contributed by atoms with Crippen molar-refractivity contribution in [2.45, 2.75) is 0 Å². The number of hydrogen-bond donors (Lipinski definition) is 2. The molecule has 3 aromatic heterocycles. The second-order valence-corrected chi connectivity index (χ2v) is 10.0. The van der Waals surface area contributed by atoms with Gasteiger partial charge < -0.3 is 15.2 Å². The molecule has 2 N–H and O–H groups in total. The maximum atomic E-state index is 12.2. The summed E-state index contributed by atoms with van der Waals surface area (Å²) >= 11 is 1.23. The number of pyridine rings is 1. The van der Waals surface area contributed by atoms with Crippen molar-refractivity contribution in [1.82, 2.24) is 18.8 Å². The molecule has 3 heterocycles. The number of aromatic nitrogens is 3. The molecule has 4 aromatic rings. The molecular formula is C21H19N5O5S2. The van der Waals surface area contributed by atoms with Crippen LogP contribution in [0.2, 0.25) is 0 Å². The average Bonchev–Trinajstić information content (AvgIpc) is 3.44. The highest BCUT2D eigenvalue weighted by atomic mass is 32.2. The van der Waals surface area contributed by atoms with Gasteiger partial charge in [-0.1, -0.05) is 12.1 Å². The Hall–Kier alpha value is -3.77. The average molecular weight is 486 g/mol. The van der Waals surface area contributed by atoms with E-state index in [1.165, 1.54) is 35.9 Å². The number of nitrogens with one attached hydrogen (secondary N) is 2. The van der Waals surface area contributed by atoms with Crippen LogP contribution in [0.1, 0.15) is 10.4 Å². The van der Waals surface area contributed by atoms with Gasteiger partial charge in [-0.15, -0.1) is 11.3 Å². The van der Waals surface area contributed by atoms with Gasteiger partial charge in [-0.3, -0.25) is 18.4 Å². The smallest absolute Gasteiger partial charge is 0.253 e. The fourth-order valence-corrected chi connectivity index (χ4v) is 4.46. The number of rotatable bonds is 6. The molecule has 0 unspecified atom stereocenters. The van der Waals surface area contributed by atoms with Crippen LogP contribution in [-0.2, 0) is 21.9 Å². The first-order valence-corrected chi connectivity index (χ1v) is 12.4. The summed E-state index contributed by atoms with van der Waals surface area (Å²) in [6.45, 7) is -0.310. The van der Waals surface area contributed by atoms with Gasteiger partial charge >= 0.3 is 0 Å². The molecule has 0 saturated heterocycles. The lowest BCUT2D eigenvalue weighted by molar-refractivity contribution is -0.115. The molecule has 0 aliphatic heterocycles. The number of nitrogens with zero attached hydrogens (tertiary/aromatic N) is 3. The van der Waals surface area contributed by atoms with Gasteiger partial charge in [0.2, 0.25) is 15.9 Å². The quantitative estimate of drug-likeness (QED) is 0.427. The second kappa shape index (κ2) is 8.64. The van der Waals surface area contributed by atoms with Crippen LogP contribution in [0.15, 0.2) is 59.0 Å². The number of anilines is 1. The number of fused-ring (bicyclic) bond motifs is 1. The van der Waals surface area contributed by atoms with Crippen LogP contribution in [0.25, 0.3) is 22.2 Å². The summed E-state index contributed by atoms with van der Waals surface area (Å²) in [6.07, 6.45) is 3.45. The zero-order chi connectivity index (χ0) is 23.8. The Bertz CT molecular complexity index is 1550. The SMILES string of the molecule is Cn1c(=O)ccc2ccc(-c3csc(NC(=O)CNC(=O)c4ccn(S(C)(=O)=O)c4)n3)cc21. The molecular weight excluding hydrogens is 466 g/mol. The van der Waals surface area contributed by atoms with Crippen LogP contribution < -0.4 is 16.2 Å². The minimum Gasteiger partial charge on any atom is -0.343 e. The Morgan fingerprint density at radius 2 is 1.91 bits per heavy atom. The Balaban J connectivity index is 1.40. The largest absolute Gasteiger partial charge is 0.343 e. The van der Waals surface area contributed by atoms with E-state index in [2.05, 4.69) is 15.6 Å². The van der Waals surface area contributed by atoms with Gasteiger partial charge in [0.15, 0.2) is 5.13 Å². The predicted molar refractivity (Wildman–Crippen MR) is 126 cm³/mol. The number of thiazole rings is 1. The Kier molecular flexibility index (Phi) is 5.87. The van der Waals surface area contributed by atoms with Crippen molar-refractivity contribution in [2.24, 2.45) is 7.05 Å². The van der Waals surface area contributed by atoms with Crippen LogP contribution in [-0.4, -0.2) is 46.6 Å². The van der Waals surface area contributed by atoms with E-state index >= 15 is 0 Å². The van der Waals surface area contributed by atoms with E-state index in [0.717, 1.165) is 26.7 Å². The molecule has 1 aromatic carbocycles. The number of amides is 2. The van der Waals surface area contributed by atoms with Crippen molar-refractivity contribution < 1.29 is 18.0 Å². The van der Waals surface area contributed by atoms with Crippen LogP contribution in [0.4, 0.5) is 5.13 Å². The minimum atomic E-state index is -3.49. The van der Waals surface area contributed by atoms with Gasteiger partial charge in [-0.05, 0) is 23.6 Å². The van der Waals surface area contributed by atoms with Crippen molar-refractivity contribution >= 4 is 49.2 Å². The van der Waals surface area contributed by atoms with E-state index in [9.17, 15) is 22.8 Å². The van der Waals surface area contributed by atoms with Gasteiger partial charge in [0, 0.05) is 36.5 Å². The lowest BCUT2D eigenvalue weighted by Gasteiger charge is -2.06. The molecule has 2 amide bonds. The molecule has 170 valence electrons. The molecule has 0 atom stereocenters. The van der Waals surface area contributed by atoms with Gasteiger partial charge in [0.25, 0.3) is 11.5 Å². The van der Waals surface area contributed by atoms with E-state index in [0.29, 0.717) is 10.8 Å². The Labute approximate surface area is 192 Å². The highest BCUT2D eigenvalue weighted by Crippen LogP contribution is 2.27. The van der Waals surface area contributed by atoms with Crippen LogP contribution in [0.3, 0.4) is 0 Å². The van der Waals surface area contributed by atoms with Crippen molar-refractivity contribution in [3.63, 3.8) is 0 Å². The third kappa shape index (κ3) is 4.86. The maximum absolute atomic E-state index is 12.2.